The molecule has 10 heteroatoms. The number of ether oxygens (including phenoxy) is 1. The Labute approximate surface area is 200 Å². The fourth-order valence-electron chi connectivity index (χ4n) is 2.85. The second-order valence-corrected chi connectivity index (χ2v) is 7.66. The zero-order chi connectivity index (χ0) is 23.6. The molecule has 0 aliphatic carbocycles. The summed E-state index contributed by atoms with van der Waals surface area (Å²) in [5.41, 5.74) is 5.21. The lowest BCUT2D eigenvalue weighted by Gasteiger charge is -2.12. The maximum atomic E-state index is 12.1. The van der Waals surface area contributed by atoms with E-state index in [0.717, 1.165) is 10.8 Å². The zero-order valence-electron chi connectivity index (χ0n) is 17.4. The molecule has 170 valence electrons. The van der Waals surface area contributed by atoms with E-state index in [2.05, 4.69) is 21.5 Å². The molecule has 3 aromatic carbocycles. The number of benzene rings is 3. The molecule has 0 fully saturated rings. The van der Waals surface area contributed by atoms with E-state index in [-0.39, 0.29) is 30.5 Å². The van der Waals surface area contributed by atoms with Crippen molar-refractivity contribution in [3.8, 4) is 5.75 Å². The summed E-state index contributed by atoms with van der Waals surface area (Å²) in [6, 6.07) is 20.0. The van der Waals surface area contributed by atoms with Crippen molar-refractivity contribution in [1.82, 2.24) is 16.2 Å². The molecular formula is C23H21ClN4O4S. The lowest BCUT2D eigenvalue weighted by molar-refractivity contribution is -0.125. The average molecular weight is 485 g/mol. The molecule has 0 aliphatic rings. The smallest absolute Gasteiger partial charge is 0.264 e. The van der Waals surface area contributed by atoms with Crippen LogP contribution in [0.2, 0.25) is 5.02 Å². The van der Waals surface area contributed by atoms with Crippen LogP contribution in [0.1, 0.15) is 12.8 Å². The van der Waals surface area contributed by atoms with E-state index in [9.17, 15) is 14.4 Å². The molecule has 0 saturated carbocycles. The summed E-state index contributed by atoms with van der Waals surface area (Å²) in [5, 5.41) is 7.22. The summed E-state index contributed by atoms with van der Waals surface area (Å²) < 4.78 is 5.59. The number of carbonyl (C=O) groups is 3. The van der Waals surface area contributed by atoms with Gasteiger partial charge < -0.3 is 10.1 Å². The second kappa shape index (κ2) is 11.8. The van der Waals surface area contributed by atoms with Gasteiger partial charge in [-0.25, -0.2) is 0 Å². The molecule has 0 unspecified atom stereocenters. The van der Waals surface area contributed by atoms with Crippen molar-refractivity contribution in [2.75, 3.05) is 11.9 Å². The van der Waals surface area contributed by atoms with Gasteiger partial charge in [-0.3, -0.25) is 30.6 Å². The summed E-state index contributed by atoms with van der Waals surface area (Å²) in [5.74, 6) is -0.757. The molecular weight excluding hydrogens is 464 g/mol. The number of fused-ring (bicyclic) bond motifs is 1. The Bertz CT molecular complexity index is 1180. The van der Waals surface area contributed by atoms with Gasteiger partial charge in [0.2, 0.25) is 11.8 Å². The Kier molecular flexibility index (Phi) is 8.56. The predicted octanol–water partition coefficient (Wildman–Crippen LogP) is 3.31. The highest BCUT2D eigenvalue weighted by Crippen LogP contribution is 2.25. The van der Waals surface area contributed by atoms with Crippen molar-refractivity contribution in [2.24, 2.45) is 0 Å². The Morgan fingerprint density at radius 1 is 0.818 bits per heavy atom. The number of para-hydroxylation sites is 1. The van der Waals surface area contributed by atoms with Crippen LogP contribution in [-0.4, -0.2) is 29.4 Å². The Balaban J connectivity index is 1.35. The number of anilines is 1. The molecule has 3 aromatic rings. The van der Waals surface area contributed by atoms with Crippen molar-refractivity contribution in [1.29, 1.82) is 0 Å². The largest absolute Gasteiger partial charge is 0.483 e. The minimum Gasteiger partial charge on any atom is -0.483 e. The van der Waals surface area contributed by atoms with Gasteiger partial charge in [-0.05, 0) is 35.8 Å². The molecule has 0 aromatic heterocycles. The number of hydrogen-bond donors (Lipinski definition) is 4. The quantitative estimate of drug-likeness (QED) is 0.302. The van der Waals surface area contributed by atoms with Crippen molar-refractivity contribution in [3.63, 3.8) is 0 Å². The van der Waals surface area contributed by atoms with E-state index in [1.807, 2.05) is 36.4 Å². The minimum absolute atomic E-state index is 0.0588. The van der Waals surface area contributed by atoms with E-state index in [4.69, 9.17) is 28.6 Å². The van der Waals surface area contributed by atoms with Gasteiger partial charge in [-0.15, -0.1) is 0 Å². The first-order valence-corrected chi connectivity index (χ1v) is 10.7. The monoisotopic (exact) mass is 484 g/mol. The van der Waals surface area contributed by atoms with Crippen LogP contribution >= 0.6 is 23.8 Å². The highest BCUT2D eigenvalue weighted by Gasteiger charge is 2.11. The third kappa shape index (κ3) is 7.44. The zero-order valence-corrected chi connectivity index (χ0v) is 19.0. The number of nitrogens with one attached hydrogen (secondary N) is 4. The summed E-state index contributed by atoms with van der Waals surface area (Å²) in [6.45, 7) is -0.258. The van der Waals surface area contributed by atoms with Gasteiger partial charge in [0.05, 0.1) is 10.7 Å². The van der Waals surface area contributed by atoms with E-state index in [0.29, 0.717) is 16.5 Å². The van der Waals surface area contributed by atoms with Crippen LogP contribution in [0.3, 0.4) is 0 Å². The average Bonchev–Trinajstić information content (AvgIpc) is 2.81. The van der Waals surface area contributed by atoms with Gasteiger partial charge in [-0.2, -0.15) is 0 Å². The van der Waals surface area contributed by atoms with Crippen LogP contribution in [0.15, 0.2) is 66.7 Å². The molecule has 3 amide bonds. The highest BCUT2D eigenvalue weighted by atomic mass is 35.5. The lowest BCUT2D eigenvalue weighted by Crippen LogP contribution is -2.49. The van der Waals surface area contributed by atoms with Crippen LogP contribution in [0.5, 0.6) is 5.75 Å². The number of hydrazine groups is 1. The first-order valence-electron chi connectivity index (χ1n) is 9.96. The van der Waals surface area contributed by atoms with Gasteiger partial charge in [0.25, 0.3) is 5.91 Å². The summed E-state index contributed by atoms with van der Waals surface area (Å²) in [7, 11) is 0. The van der Waals surface area contributed by atoms with E-state index in [1.54, 1.807) is 30.3 Å². The number of halogens is 1. The minimum atomic E-state index is -0.492. The predicted molar refractivity (Wildman–Crippen MR) is 131 cm³/mol. The van der Waals surface area contributed by atoms with Crippen LogP contribution in [0, 0.1) is 0 Å². The van der Waals surface area contributed by atoms with Gasteiger partial charge in [0.15, 0.2) is 11.7 Å². The van der Waals surface area contributed by atoms with Crippen molar-refractivity contribution in [2.45, 2.75) is 12.8 Å². The van der Waals surface area contributed by atoms with Gasteiger partial charge in [0, 0.05) is 18.2 Å². The molecule has 0 radical (unpaired) electrons. The topological polar surface area (TPSA) is 109 Å². The third-order valence-corrected chi connectivity index (χ3v) is 4.94. The highest BCUT2D eigenvalue weighted by molar-refractivity contribution is 7.80. The van der Waals surface area contributed by atoms with Gasteiger partial charge in [-0.1, -0.05) is 60.1 Å². The standard InChI is InChI=1S/C23H21ClN4O4S/c24-17-9-3-4-10-18(17)25-20(29)12-13-21(30)27-28-23(33)26-22(31)14-32-19-11-5-7-15-6-1-2-8-16(15)19/h1-11H,12-14H2,(H,25,29)(H,27,30)(H2,26,28,31,33). The van der Waals surface area contributed by atoms with Crippen molar-refractivity contribution in [3.05, 3.63) is 71.8 Å². The SMILES string of the molecule is O=C(CCC(=O)Nc1ccccc1Cl)NNC(=S)NC(=O)COc1cccc2ccccc12. The molecule has 33 heavy (non-hydrogen) atoms. The van der Waals surface area contributed by atoms with Crippen LogP contribution in [-0.2, 0) is 14.4 Å². The van der Waals surface area contributed by atoms with Crippen LogP contribution in [0.4, 0.5) is 5.69 Å². The molecule has 4 N–H and O–H groups in total. The number of amides is 3. The third-order valence-electron chi connectivity index (χ3n) is 4.40. The number of hydrogen-bond acceptors (Lipinski definition) is 5. The molecule has 8 nitrogen and oxygen atoms in total. The van der Waals surface area contributed by atoms with Crippen molar-refractivity contribution < 1.29 is 19.1 Å². The molecule has 3 rings (SSSR count). The Morgan fingerprint density at radius 3 is 2.33 bits per heavy atom. The van der Waals surface area contributed by atoms with Gasteiger partial charge >= 0.3 is 0 Å². The maximum Gasteiger partial charge on any atom is 0.264 e. The van der Waals surface area contributed by atoms with Crippen LogP contribution in [0.25, 0.3) is 10.8 Å². The van der Waals surface area contributed by atoms with Crippen molar-refractivity contribution >= 4 is 63.1 Å². The molecule has 0 aliphatic heterocycles. The molecule has 0 heterocycles. The summed E-state index contributed by atoms with van der Waals surface area (Å²) in [6.07, 6.45) is -0.152. The second-order valence-electron chi connectivity index (χ2n) is 6.84. The first-order chi connectivity index (χ1) is 15.9. The summed E-state index contributed by atoms with van der Waals surface area (Å²) in [4.78, 5) is 36.0. The fourth-order valence-corrected chi connectivity index (χ4v) is 3.20. The van der Waals surface area contributed by atoms with E-state index in [1.165, 1.54) is 0 Å². The normalized spacial score (nSPS) is 10.2. The molecule has 0 spiro atoms. The van der Waals surface area contributed by atoms with Crippen LogP contribution < -0.4 is 26.2 Å². The number of carbonyl (C=O) groups excluding carboxylic acids is 3. The first kappa shape index (κ1) is 24.0. The maximum absolute atomic E-state index is 12.1. The Hall–Kier alpha value is -3.69. The van der Waals surface area contributed by atoms with Gasteiger partial charge in [0.1, 0.15) is 5.75 Å². The molecule has 0 bridgehead atoms. The number of thiocarbonyl (C=S) groups is 1. The fraction of sp³-hybridized carbons (Fsp3) is 0.130. The lowest BCUT2D eigenvalue weighted by atomic mass is 10.1. The molecule has 0 atom stereocenters. The summed E-state index contributed by atoms with van der Waals surface area (Å²) >= 11 is 11.0. The van der Waals surface area contributed by atoms with E-state index >= 15 is 0 Å². The Morgan fingerprint density at radius 2 is 1.52 bits per heavy atom. The molecule has 0 saturated heterocycles. The van der Waals surface area contributed by atoms with E-state index < -0.39 is 11.8 Å². The number of rotatable bonds is 7.